The topological polar surface area (TPSA) is 79.3 Å². The van der Waals surface area contributed by atoms with Gasteiger partial charge in [0.2, 0.25) is 0 Å². The van der Waals surface area contributed by atoms with Crippen LogP contribution in [0.5, 0.6) is 0 Å². The highest BCUT2D eigenvalue weighted by Crippen LogP contribution is 2.34. The van der Waals surface area contributed by atoms with Crippen LogP contribution >= 0.6 is 11.8 Å². The zero-order chi connectivity index (χ0) is 17.5. The van der Waals surface area contributed by atoms with Crippen LogP contribution in [-0.4, -0.2) is 22.3 Å². The lowest BCUT2D eigenvalue weighted by Gasteiger charge is -2.24. The van der Waals surface area contributed by atoms with Gasteiger partial charge in [0.15, 0.2) is 22.5 Å². The van der Waals surface area contributed by atoms with Crippen LogP contribution in [0.4, 0.5) is 17.3 Å². The van der Waals surface area contributed by atoms with Crippen molar-refractivity contribution >= 4 is 29.1 Å². The van der Waals surface area contributed by atoms with Gasteiger partial charge in [-0.15, -0.1) is 4.91 Å². The number of thioether (sulfide) groups is 1. The summed E-state index contributed by atoms with van der Waals surface area (Å²) in [6.45, 7) is 0.580. The quantitative estimate of drug-likeness (QED) is 0.414. The van der Waals surface area contributed by atoms with E-state index in [9.17, 15) is 4.91 Å². The molecule has 7 heteroatoms. The zero-order valence-electron chi connectivity index (χ0n) is 14.4. The molecule has 0 unspecified atom stereocenters. The fourth-order valence-electron chi connectivity index (χ4n) is 3.06. The van der Waals surface area contributed by atoms with E-state index in [0.717, 1.165) is 18.4 Å². The third-order valence-electron chi connectivity index (χ3n) is 4.39. The van der Waals surface area contributed by atoms with Crippen molar-refractivity contribution in [3.63, 3.8) is 0 Å². The van der Waals surface area contributed by atoms with Crippen molar-refractivity contribution in [3.8, 4) is 0 Å². The Morgan fingerprint density at radius 2 is 1.84 bits per heavy atom. The van der Waals surface area contributed by atoms with Crippen LogP contribution in [0.25, 0.3) is 0 Å². The number of aromatic nitrogens is 2. The average Bonchev–Trinajstić information content (AvgIpc) is 2.67. The molecule has 25 heavy (non-hydrogen) atoms. The molecule has 0 spiro atoms. The van der Waals surface area contributed by atoms with Gasteiger partial charge in [-0.05, 0) is 29.8 Å². The highest BCUT2D eigenvalue weighted by atomic mass is 32.2. The Morgan fingerprint density at radius 3 is 2.52 bits per heavy atom. The van der Waals surface area contributed by atoms with Crippen LogP contribution in [0.3, 0.4) is 0 Å². The number of rotatable bonds is 7. The molecule has 1 fully saturated rings. The maximum atomic E-state index is 11.5. The summed E-state index contributed by atoms with van der Waals surface area (Å²) in [6.07, 6.45) is 7.82. The van der Waals surface area contributed by atoms with E-state index in [1.807, 2.05) is 36.6 Å². The summed E-state index contributed by atoms with van der Waals surface area (Å²) in [7, 11) is 0. The number of hydrogen-bond acceptors (Lipinski definition) is 7. The molecule has 0 amide bonds. The van der Waals surface area contributed by atoms with Crippen LogP contribution in [0.1, 0.15) is 37.7 Å². The largest absolute Gasteiger partial charge is 0.365 e. The van der Waals surface area contributed by atoms with E-state index >= 15 is 0 Å². The Morgan fingerprint density at radius 1 is 1.12 bits per heavy atom. The summed E-state index contributed by atoms with van der Waals surface area (Å²) in [4.78, 5) is 20.4. The fourth-order valence-corrected chi connectivity index (χ4v) is 3.42. The molecule has 0 aliphatic heterocycles. The summed E-state index contributed by atoms with van der Waals surface area (Å²) in [5.74, 6) is 1.02. The summed E-state index contributed by atoms with van der Waals surface area (Å²) in [5, 5.41) is 10.5. The molecule has 1 saturated carbocycles. The predicted octanol–water partition coefficient (Wildman–Crippen LogP) is 4.95. The van der Waals surface area contributed by atoms with E-state index < -0.39 is 0 Å². The van der Waals surface area contributed by atoms with Crippen molar-refractivity contribution in [2.24, 2.45) is 5.18 Å². The van der Waals surface area contributed by atoms with Gasteiger partial charge in [-0.2, -0.15) is 0 Å². The highest BCUT2D eigenvalue weighted by molar-refractivity contribution is 7.98. The van der Waals surface area contributed by atoms with Crippen molar-refractivity contribution < 1.29 is 0 Å². The Bertz CT molecular complexity index is 704. The van der Waals surface area contributed by atoms with Gasteiger partial charge < -0.3 is 10.6 Å². The Labute approximate surface area is 152 Å². The molecule has 132 valence electrons. The van der Waals surface area contributed by atoms with Crippen LogP contribution in [0.2, 0.25) is 0 Å². The van der Waals surface area contributed by atoms with Crippen LogP contribution < -0.4 is 10.6 Å². The van der Waals surface area contributed by atoms with Crippen molar-refractivity contribution in [1.82, 2.24) is 9.97 Å². The van der Waals surface area contributed by atoms with Gasteiger partial charge in [-0.25, -0.2) is 9.97 Å². The molecule has 3 rings (SSSR count). The third-order valence-corrected chi connectivity index (χ3v) is 4.93. The minimum atomic E-state index is 0.263. The molecule has 0 saturated heterocycles. The van der Waals surface area contributed by atoms with E-state index in [2.05, 4.69) is 25.8 Å². The average molecular weight is 357 g/mol. The van der Waals surface area contributed by atoms with Gasteiger partial charge in [0.1, 0.15) is 0 Å². The van der Waals surface area contributed by atoms with E-state index in [4.69, 9.17) is 0 Å². The molecular formula is C18H23N5OS. The standard InChI is InChI=1S/C18H23N5OS/c1-25-18-21-16(19-12-13-8-4-2-5-9-13)15(23-24)17(22-18)20-14-10-6-3-7-11-14/h2,4-5,8-9,14H,3,6-7,10-12H2,1H3,(H2,19,20,21,22). The second-order valence-corrected chi connectivity index (χ2v) is 6.94. The lowest BCUT2D eigenvalue weighted by atomic mass is 9.95. The monoisotopic (exact) mass is 357 g/mol. The lowest BCUT2D eigenvalue weighted by Crippen LogP contribution is -2.23. The van der Waals surface area contributed by atoms with Crippen LogP contribution in [-0.2, 0) is 6.54 Å². The number of nitrogens with one attached hydrogen (secondary N) is 2. The van der Waals surface area contributed by atoms with Crippen molar-refractivity contribution in [3.05, 3.63) is 40.8 Å². The van der Waals surface area contributed by atoms with E-state index in [0.29, 0.717) is 29.4 Å². The van der Waals surface area contributed by atoms with Crippen molar-refractivity contribution in [2.75, 3.05) is 16.9 Å². The molecule has 1 heterocycles. The van der Waals surface area contributed by atoms with Gasteiger partial charge in [0, 0.05) is 12.6 Å². The molecule has 1 aromatic heterocycles. The van der Waals surface area contributed by atoms with Crippen molar-refractivity contribution in [1.29, 1.82) is 0 Å². The van der Waals surface area contributed by atoms with E-state index in [1.165, 1.54) is 31.0 Å². The van der Waals surface area contributed by atoms with Gasteiger partial charge >= 0.3 is 0 Å². The van der Waals surface area contributed by atoms with E-state index in [1.54, 1.807) is 0 Å². The van der Waals surface area contributed by atoms with Gasteiger partial charge in [-0.3, -0.25) is 0 Å². The summed E-state index contributed by atoms with van der Waals surface area (Å²) in [5.41, 5.74) is 1.38. The number of nitroso groups, excluding NO2 is 1. The molecule has 0 radical (unpaired) electrons. The Kier molecular flexibility index (Phi) is 6.22. The first-order valence-corrected chi connectivity index (χ1v) is 9.86. The third kappa shape index (κ3) is 4.69. The molecule has 6 nitrogen and oxygen atoms in total. The first kappa shape index (κ1) is 17.7. The Hall–Kier alpha value is -2.15. The zero-order valence-corrected chi connectivity index (χ0v) is 15.2. The van der Waals surface area contributed by atoms with Crippen molar-refractivity contribution in [2.45, 2.75) is 49.8 Å². The first-order chi connectivity index (χ1) is 12.3. The van der Waals surface area contributed by atoms with Crippen LogP contribution in [0.15, 0.2) is 40.7 Å². The molecule has 1 aliphatic rings. The SMILES string of the molecule is CSc1nc(NCc2ccccc2)c(N=O)c(NC2CCCCC2)n1. The molecule has 1 aliphatic carbocycles. The normalized spacial score (nSPS) is 14.9. The number of anilines is 2. The maximum Gasteiger partial charge on any atom is 0.192 e. The van der Waals surface area contributed by atoms with E-state index in [-0.39, 0.29) is 5.69 Å². The van der Waals surface area contributed by atoms with Gasteiger partial charge in [0.05, 0.1) is 0 Å². The molecule has 0 atom stereocenters. The maximum absolute atomic E-state index is 11.5. The fraction of sp³-hybridized carbons (Fsp3) is 0.444. The molecule has 0 bridgehead atoms. The summed E-state index contributed by atoms with van der Waals surface area (Å²) in [6, 6.07) is 10.3. The number of nitrogens with zero attached hydrogens (tertiary/aromatic N) is 3. The smallest absolute Gasteiger partial charge is 0.192 e. The minimum Gasteiger partial charge on any atom is -0.365 e. The second kappa shape index (κ2) is 8.80. The molecule has 2 aromatic rings. The Balaban J connectivity index is 1.82. The van der Waals surface area contributed by atoms with Crippen LogP contribution in [0, 0.1) is 4.91 Å². The predicted molar refractivity (Wildman–Crippen MR) is 104 cm³/mol. The highest BCUT2D eigenvalue weighted by Gasteiger charge is 2.20. The molecule has 2 N–H and O–H groups in total. The number of benzene rings is 1. The lowest BCUT2D eigenvalue weighted by molar-refractivity contribution is 0.461. The summed E-state index contributed by atoms with van der Waals surface area (Å²) < 4.78 is 0. The molecule has 1 aromatic carbocycles. The van der Waals surface area contributed by atoms with Gasteiger partial charge in [0.25, 0.3) is 0 Å². The second-order valence-electron chi connectivity index (χ2n) is 6.17. The van der Waals surface area contributed by atoms with Gasteiger partial charge in [-0.1, -0.05) is 61.4 Å². The number of hydrogen-bond donors (Lipinski definition) is 2. The first-order valence-electron chi connectivity index (χ1n) is 8.64. The summed E-state index contributed by atoms with van der Waals surface area (Å²) >= 11 is 1.45. The molecular weight excluding hydrogens is 334 g/mol. The minimum absolute atomic E-state index is 0.263.